The van der Waals surface area contributed by atoms with Crippen molar-refractivity contribution in [3.05, 3.63) is 39.8 Å². The maximum atomic E-state index is 5.17. The summed E-state index contributed by atoms with van der Waals surface area (Å²) in [5.41, 5.74) is 1.90. The third-order valence-electron chi connectivity index (χ3n) is 2.28. The number of halogens is 1. The fourth-order valence-electron chi connectivity index (χ4n) is 1.46. The van der Waals surface area contributed by atoms with Crippen molar-refractivity contribution >= 4 is 27.3 Å². The number of rotatable bonds is 4. The summed E-state index contributed by atoms with van der Waals surface area (Å²) in [4.78, 5) is 4.51. The van der Waals surface area contributed by atoms with Crippen LogP contribution in [0.2, 0.25) is 0 Å². The van der Waals surface area contributed by atoms with E-state index in [0.29, 0.717) is 0 Å². The maximum absolute atomic E-state index is 5.17. The highest BCUT2D eigenvalue weighted by atomic mass is 79.9. The molecule has 0 bridgehead atoms. The number of hydrogen-bond acceptors (Lipinski definition) is 4. The summed E-state index contributed by atoms with van der Waals surface area (Å²) < 4.78 is 11.4. The van der Waals surface area contributed by atoms with Crippen LogP contribution >= 0.6 is 27.3 Å². The van der Waals surface area contributed by atoms with Crippen molar-refractivity contribution in [2.75, 3.05) is 14.2 Å². The van der Waals surface area contributed by atoms with Crippen molar-refractivity contribution in [1.29, 1.82) is 0 Å². The van der Waals surface area contributed by atoms with Gasteiger partial charge >= 0.3 is 0 Å². The number of aromatic nitrogens is 1. The highest BCUT2D eigenvalue weighted by Crippen LogP contribution is 2.28. The molecule has 0 aliphatic carbocycles. The summed E-state index contributed by atoms with van der Waals surface area (Å²) in [6.07, 6.45) is -0.393. The second kappa shape index (κ2) is 5.73. The van der Waals surface area contributed by atoms with E-state index in [2.05, 4.69) is 20.9 Å². The Bertz CT molecular complexity index is 480. The van der Waals surface area contributed by atoms with Crippen LogP contribution in [0.25, 0.3) is 10.6 Å². The summed E-state index contributed by atoms with van der Waals surface area (Å²) in [6.45, 7) is 0. The summed E-state index contributed by atoms with van der Waals surface area (Å²) in [7, 11) is 3.21. The fourth-order valence-corrected chi connectivity index (χ4v) is 2.55. The second-order valence-electron chi connectivity index (χ2n) is 3.39. The zero-order chi connectivity index (χ0) is 12.3. The lowest BCUT2D eigenvalue weighted by molar-refractivity contribution is -0.108. The van der Waals surface area contributed by atoms with Gasteiger partial charge < -0.3 is 9.47 Å². The van der Waals surface area contributed by atoms with Crippen LogP contribution in [-0.4, -0.2) is 19.2 Å². The maximum Gasteiger partial charge on any atom is 0.201 e. The van der Waals surface area contributed by atoms with Gasteiger partial charge in [0.2, 0.25) is 6.29 Å². The van der Waals surface area contributed by atoms with Crippen LogP contribution in [-0.2, 0) is 9.47 Å². The smallest absolute Gasteiger partial charge is 0.201 e. The van der Waals surface area contributed by atoms with Crippen molar-refractivity contribution in [3.63, 3.8) is 0 Å². The Morgan fingerprint density at radius 2 is 1.82 bits per heavy atom. The highest BCUT2D eigenvalue weighted by molar-refractivity contribution is 9.10. The molecule has 2 rings (SSSR count). The van der Waals surface area contributed by atoms with Crippen LogP contribution in [0.15, 0.2) is 34.1 Å². The van der Waals surface area contributed by atoms with Crippen LogP contribution in [0.5, 0.6) is 0 Å². The molecule has 0 atom stereocenters. The van der Waals surface area contributed by atoms with E-state index in [0.717, 1.165) is 20.7 Å². The lowest BCUT2D eigenvalue weighted by Gasteiger charge is -2.09. The molecule has 0 saturated heterocycles. The number of nitrogens with zero attached hydrogens (tertiary/aromatic N) is 1. The van der Waals surface area contributed by atoms with Gasteiger partial charge in [-0.2, -0.15) is 0 Å². The molecule has 1 aromatic heterocycles. The molecule has 0 saturated carbocycles. The van der Waals surface area contributed by atoms with Gasteiger partial charge in [0.15, 0.2) is 0 Å². The molecule has 0 N–H and O–H groups in total. The molecule has 3 nitrogen and oxygen atoms in total. The Hall–Kier alpha value is -0.750. The van der Waals surface area contributed by atoms with E-state index in [-0.39, 0.29) is 0 Å². The largest absolute Gasteiger partial charge is 0.350 e. The Kier molecular flexibility index (Phi) is 4.28. The first-order chi connectivity index (χ1) is 8.24. The zero-order valence-corrected chi connectivity index (χ0v) is 11.9. The Morgan fingerprint density at radius 1 is 1.18 bits per heavy atom. The molecule has 1 heterocycles. The van der Waals surface area contributed by atoms with E-state index < -0.39 is 6.29 Å². The molecule has 90 valence electrons. The summed E-state index contributed by atoms with van der Waals surface area (Å²) in [6, 6.07) is 8.06. The summed E-state index contributed by atoms with van der Waals surface area (Å²) in [5.74, 6) is 0. The lowest BCUT2D eigenvalue weighted by Crippen LogP contribution is -2.03. The van der Waals surface area contributed by atoms with Crippen LogP contribution in [0.1, 0.15) is 12.0 Å². The topological polar surface area (TPSA) is 31.4 Å². The van der Waals surface area contributed by atoms with Gasteiger partial charge in [0.1, 0.15) is 10.7 Å². The van der Waals surface area contributed by atoms with E-state index in [1.54, 1.807) is 25.6 Å². The molecule has 0 aliphatic rings. The highest BCUT2D eigenvalue weighted by Gasteiger charge is 2.13. The van der Waals surface area contributed by atoms with E-state index in [9.17, 15) is 0 Å². The minimum Gasteiger partial charge on any atom is -0.350 e. The average molecular weight is 314 g/mol. The van der Waals surface area contributed by atoms with Gasteiger partial charge in [-0.05, 0) is 12.1 Å². The van der Waals surface area contributed by atoms with Gasteiger partial charge in [-0.3, -0.25) is 0 Å². The van der Waals surface area contributed by atoms with E-state index in [4.69, 9.17) is 9.47 Å². The van der Waals surface area contributed by atoms with Crippen molar-refractivity contribution in [2.24, 2.45) is 0 Å². The van der Waals surface area contributed by atoms with Crippen LogP contribution in [0.3, 0.4) is 0 Å². The second-order valence-corrected chi connectivity index (χ2v) is 5.16. The van der Waals surface area contributed by atoms with Crippen molar-refractivity contribution in [3.8, 4) is 10.6 Å². The summed E-state index contributed by atoms with van der Waals surface area (Å²) in [5, 5.41) is 2.92. The van der Waals surface area contributed by atoms with E-state index in [1.165, 1.54) is 0 Å². The monoisotopic (exact) mass is 313 g/mol. The van der Waals surface area contributed by atoms with Gasteiger partial charge in [0, 0.05) is 29.6 Å². The van der Waals surface area contributed by atoms with Gasteiger partial charge in [-0.15, -0.1) is 11.3 Å². The number of benzene rings is 1. The molecule has 0 amide bonds. The molecular formula is C12H12BrNO2S. The third-order valence-corrected chi connectivity index (χ3v) is 3.72. The lowest BCUT2D eigenvalue weighted by atomic mass is 10.2. The van der Waals surface area contributed by atoms with Gasteiger partial charge in [0.25, 0.3) is 0 Å². The minimum absolute atomic E-state index is 0.393. The van der Waals surface area contributed by atoms with Gasteiger partial charge in [0.05, 0.1) is 0 Å². The zero-order valence-electron chi connectivity index (χ0n) is 9.51. The quantitative estimate of drug-likeness (QED) is 0.803. The SMILES string of the molecule is COC(OC)c1csc(-c2ccc(Br)cc2)n1. The predicted molar refractivity (Wildman–Crippen MR) is 72.0 cm³/mol. The first-order valence-corrected chi connectivity index (χ1v) is 6.69. The molecule has 1 aromatic carbocycles. The first-order valence-electron chi connectivity index (χ1n) is 5.01. The molecule has 0 spiro atoms. The van der Waals surface area contributed by atoms with E-state index in [1.807, 2.05) is 29.6 Å². The normalized spacial score (nSPS) is 11.1. The molecule has 2 aromatic rings. The third kappa shape index (κ3) is 2.93. The van der Waals surface area contributed by atoms with Crippen LogP contribution < -0.4 is 0 Å². The summed E-state index contributed by atoms with van der Waals surface area (Å²) >= 11 is 4.99. The molecule has 17 heavy (non-hydrogen) atoms. The van der Waals surface area contributed by atoms with Gasteiger partial charge in [-0.1, -0.05) is 28.1 Å². The Balaban J connectivity index is 2.26. The Labute approximate surface area is 113 Å². The molecular weight excluding hydrogens is 302 g/mol. The van der Waals surface area contributed by atoms with Crippen molar-refractivity contribution < 1.29 is 9.47 Å². The molecule has 5 heteroatoms. The standard InChI is InChI=1S/C12H12BrNO2S/c1-15-12(16-2)10-7-17-11(14-10)8-3-5-9(13)6-4-8/h3-7,12H,1-2H3. The number of hydrogen-bond donors (Lipinski definition) is 0. The number of thiazole rings is 1. The van der Waals surface area contributed by atoms with E-state index >= 15 is 0 Å². The number of methoxy groups -OCH3 is 2. The predicted octanol–water partition coefficient (Wildman–Crippen LogP) is 3.86. The van der Waals surface area contributed by atoms with Crippen molar-refractivity contribution in [2.45, 2.75) is 6.29 Å². The fraction of sp³-hybridized carbons (Fsp3) is 0.250. The van der Waals surface area contributed by atoms with Crippen LogP contribution in [0.4, 0.5) is 0 Å². The van der Waals surface area contributed by atoms with Crippen LogP contribution in [0, 0.1) is 0 Å². The first kappa shape index (κ1) is 12.7. The number of ether oxygens (including phenoxy) is 2. The molecule has 0 aliphatic heterocycles. The molecule has 0 fully saturated rings. The average Bonchev–Trinajstić information content (AvgIpc) is 2.81. The van der Waals surface area contributed by atoms with Gasteiger partial charge in [-0.25, -0.2) is 4.98 Å². The minimum atomic E-state index is -0.393. The molecule has 0 radical (unpaired) electrons. The van der Waals surface area contributed by atoms with Crippen molar-refractivity contribution in [1.82, 2.24) is 4.98 Å². The molecule has 0 unspecified atom stereocenters. The Morgan fingerprint density at radius 3 is 2.41 bits per heavy atom.